The standard InChI is InChI=1S/C14H20N4/c1-14(2,3)9-12-16-17-13(10-15)18(12)11-7-5-4-6-8-11/h4-8H,9-10,15H2,1-3H3. The molecule has 0 unspecified atom stereocenters. The molecular formula is C14H20N4. The number of benzene rings is 1. The highest BCUT2D eigenvalue weighted by Crippen LogP contribution is 2.22. The molecule has 0 atom stereocenters. The van der Waals surface area contributed by atoms with Crippen LogP contribution in [0.4, 0.5) is 0 Å². The van der Waals surface area contributed by atoms with E-state index in [2.05, 4.69) is 47.7 Å². The van der Waals surface area contributed by atoms with Crippen LogP contribution in [0, 0.1) is 5.41 Å². The summed E-state index contributed by atoms with van der Waals surface area (Å²) in [6.45, 7) is 6.98. The van der Waals surface area contributed by atoms with Crippen molar-refractivity contribution in [2.45, 2.75) is 33.7 Å². The van der Waals surface area contributed by atoms with E-state index in [1.165, 1.54) is 0 Å². The Morgan fingerprint density at radius 1 is 1.06 bits per heavy atom. The van der Waals surface area contributed by atoms with Crippen LogP contribution >= 0.6 is 0 Å². The Morgan fingerprint density at radius 2 is 1.67 bits per heavy atom. The molecule has 0 fully saturated rings. The maximum atomic E-state index is 5.74. The van der Waals surface area contributed by atoms with Crippen molar-refractivity contribution in [2.75, 3.05) is 0 Å². The van der Waals surface area contributed by atoms with Crippen LogP contribution in [0.25, 0.3) is 5.69 Å². The Labute approximate surface area is 108 Å². The summed E-state index contributed by atoms with van der Waals surface area (Å²) in [7, 11) is 0. The maximum absolute atomic E-state index is 5.74. The van der Waals surface area contributed by atoms with E-state index >= 15 is 0 Å². The molecule has 0 radical (unpaired) electrons. The van der Waals surface area contributed by atoms with Gasteiger partial charge in [-0.15, -0.1) is 10.2 Å². The molecule has 4 nitrogen and oxygen atoms in total. The van der Waals surface area contributed by atoms with Crippen molar-refractivity contribution in [3.8, 4) is 5.69 Å². The molecule has 1 aromatic heterocycles. The molecule has 2 rings (SSSR count). The Balaban J connectivity index is 2.47. The summed E-state index contributed by atoms with van der Waals surface area (Å²) in [5, 5.41) is 8.46. The van der Waals surface area contributed by atoms with Gasteiger partial charge in [-0.2, -0.15) is 0 Å². The predicted octanol–water partition coefficient (Wildman–Crippen LogP) is 2.31. The molecule has 1 heterocycles. The van der Waals surface area contributed by atoms with Crippen molar-refractivity contribution >= 4 is 0 Å². The zero-order valence-corrected chi connectivity index (χ0v) is 11.2. The van der Waals surface area contributed by atoms with E-state index in [1.807, 2.05) is 18.2 Å². The van der Waals surface area contributed by atoms with Crippen molar-refractivity contribution in [1.82, 2.24) is 14.8 Å². The molecule has 2 aromatic rings. The second-order valence-corrected chi connectivity index (χ2v) is 5.64. The first kappa shape index (κ1) is 12.8. The second-order valence-electron chi connectivity index (χ2n) is 5.64. The molecule has 0 aliphatic heterocycles. The fourth-order valence-electron chi connectivity index (χ4n) is 1.95. The summed E-state index contributed by atoms with van der Waals surface area (Å²) in [6, 6.07) is 10.1. The van der Waals surface area contributed by atoms with Crippen LogP contribution in [-0.4, -0.2) is 14.8 Å². The molecule has 0 bridgehead atoms. The lowest BCUT2D eigenvalue weighted by Crippen LogP contribution is -2.15. The maximum Gasteiger partial charge on any atom is 0.151 e. The summed E-state index contributed by atoms with van der Waals surface area (Å²) >= 11 is 0. The van der Waals surface area contributed by atoms with Gasteiger partial charge >= 0.3 is 0 Å². The van der Waals surface area contributed by atoms with E-state index in [1.54, 1.807) is 0 Å². The lowest BCUT2D eigenvalue weighted by atomic mass is 9.92. The third-order valence-electron chi connectivity index (χ3n) is 2.68. The monoisotopic (exact) mass is 244 g/mol. The molecule has 0 amide bonds. The Kier molecular flexibility index (Phi) is 3.48. The van der Waals surface area contributed by atoms with Crippen molar-refractivity contribution in [2.24, 2.45) is 11.1 Å². The average molecular weight is 244 g/mol. The number of hydrogen-bond donors (Lipinski definition) is 1. The van der Waals surface area contributed by atoms with E-state index in [4.69, 9.17) is 5.73 Å². The van der Waals surface area contributed by atoms with Gasteiger partial charge in [0.2, 0.25) is 0 Å². The Bertz CT molecular complexity index is 508. The quantitative estimate of drug-likeness (QED) is 0.901. The third-order valence-corrected chi connectivity index (χ3v) is 2.68. The topological polar surface area (TPSA) is 56.7 Å². The van der Waals surface area contributed by atoms with Gasteiger partial charge in [0.05, 0.1) is 6.54 Å². The molecule has 18 heavy (non-hydrogen) atoms. The van der Waals surface area contributed by atoms with Crippen molar-refractivity contribution in [3.63, 3.8) is 0 Å². The zero-order chi connectivity index (χ0) is 13.2. The SMILES string of the molecule is CC(C)(C)Cc1nnc(CN)n1-c1ccccc1. The minimum Gasteiger partial charge on any atom is -0.324 e. The van der Waals surface area contributed by atoms with Crippen molar-refractivity contribution in [1.29, 1.82) is 0 Å². The molecule has 2 N–H and O–H groups in total. The average Bonchev–Trinajstić information content (AvgIpc) is 2.70. The lowest BCUT2D eigenvalue weighted by Gasteiger charge is -2.18. The molecule has 0 aliphatic rings. The Morgan fingerprint density at radius 3 is 2.22 bits per heavy atom. The van der Waals surface area contributed by atoms with Gasteiger partial charge < -0.3 is 5.73 Å². The zero-order valence-electron chi connectivity index (χ0n) is 11.2. The van der Waals surface area contributed by atoms with Crippen LogP contribution in [0.3, 0.4) is 0 Å². The van der Waals surface area contributed by atoms with Crippen LogP contribution in [0.15, 0.2) is 30.3 Å². The van der Waals surface area contributed by atoms with Crippen LogP contribution in [0.5, 0.6) is 0 Å². The first-order valence-electron chi connectivity index (χ1n) is 6.20. The lowest BCUT2D eigenvalue weighted by molar-refractivity contribution is 0.397. The van der Waals surface area contributed by atoms with Gasteiger partial charge in [0, 0.05) is 12.1 Å². The highest BCUT2D eigenvalue weighted by atomic mass is 15.3. The number of aromatic nitrogens is 3. The largest absolute Gasteiger partial charge is 0.324 e. The molecule has 0 saturated carbocycles. The van der Waals surface area contributed by atoms with E-state index in [9.17, 15) is 0 Å². The molecule has 4 heteroatoms. The van der Waals surface area contributed by atoms with Crippen molar-refractivity contribution < 1.29 is 0 Å². The molecule has 0 saturated heterocycles. The number of nitrogens with two attached hydrogens (primary N) is 1. The van der Waals surface area contributed by atoms with Gasteiger partial charge in [-0.05, 0) is 17.5 Å². The highest BCUT2D eigenvalue weighted by Gasteiger charge is 2.19. The van der Waals surface area contributed by atoms with Gasteiger partial charge in [0.25, 0.3) is 0 Å². The summed E-state index contributed by atoms with van der Waals surface area (Å²) < 4.78 is 2.06. The normalized spacial score (nSPS) is 11.8. The molecule has 0 aliphatic carbocycles. The van der Waals surface area contributed by atoms with E-state index in [0.717, 1.165) is 23.8 Å². The minimum absolute atomic E-state index is 0.172. The third kappa shape index (κ3) is 2.76. The van der Waals surface area contributed by atoms with Crippen molar-refractivity contribution in [3.05, 3.63) is 42.0 Å². The van der Waals surface area contributed by atoms with Crippen LogP contribution in [0.2, 0.25) is 0 Å². The first-order chi connectivity index (χ1) is 8.51. The summed E-state index contributed by atoms with van der Waals surface area (Å²) in [5.74, 6) is 1.77. The fourth-order valence-corrected chi connectivity index (χ4v) is 1.95. The summed E-state index contributed by atoms with van der Waals surface area (Å²) in [5.41, 5.74) is 6.99. The smallest absolute Gasteiger partial charge is 0.151 e. The number of para-hydroxylation sites is 1. The van der Waals surface area contributed by atoms with Gasteiger partial charge in [0.1, 0.15) is 5.82 Å². The molecule has 1 aromatic carbocycles. The highest BCUT2D eigenvalue weighted by molar-refractivity contribution is 5.34. The second kappa shape index (κ2) is 4.90. The molecular weight excluding hydrogens is 224 g/mol. The number of nitrogens with zero attached hydrogens (tertiary/aromatic N) is 3. The van der Waals surface area contributed by atoms with Crippen LogP contribution in [-0.2, 0) is 13.0 Å². The molecule has 0 spiro atoms. The predicted molar refractivity (Wildman–Crippen MR) is 72.4 cm³/mol. The molecule has 96 valence electrons. The number of rotatable bonds is 3. The van der Waals surface area contributed by atoms with E-state index in [0.29, 0.717) is 6.54 Å². The van der Waals surface area contributed by atoms with Gasteiger partial charge in [-0.1, -0.05) is 39.0 Å². The number of hydrogen-bond acceptors (Lipinski definition) is 3. The first-order valence-corrected chi connectivity index (χ1v) is 6.20. The summed E-state index contributed by atoms with van der Waals surface area (Å²) in [6.07, 6.45) is 0.870. The van der Waals surface area contributed by atoms with Gasteiger partial charge in [0.15, 0.2) is 5.82 Å². The van der Waals surface area contributed by atoms with Gasteiger partial charge in [-0.3, -0.25) is 4.57 Å². The fraction of sp³-hybridized carbons (Fsp3) is 0.429. The van der Waals surface area contributed by atoms with E-state index in [-0.39, 0.29) is 5.41 Å². The minimum atomic E-state index is 0.172. The Hall–Kier alpha value is -1.68. The van der Waals surface area contributed by atoms with Gasteiger partial charge in [-0.25, -0.2) is 0 Å². The van der Waals surface area contributed by atoms with Crippen LogP contribution < -0.4 is 5.73 Å². The van der Waals surface area contributed by atoms with E-state index < -0.39 is 0 Å². The van der Waals surface area contributed by atoms with Crippen LogP contribution in [0.1, 0.15) is 32.4 Å². The summed E-state index contributed by atoms with van der Waals surface area (Å²) in [4.78, 5) is 0.